The van der Waals surface area contributed by atoms with Gasteiger partial charge in [0.25, 0.3) is 0 Å². The molecule has 0 saturated carbocycles. The molecule has 1 aromatic carbocycles. The van der Waals surface area contributed by atoms with Crippen molar-refractivity contribution in [2.45, 2.75) is 32.0 Å². The third kappa shape index (κ3) is 2.29. The van der Waals surface area contributed by atoms with Gasteiger partial charge in [0.05, 0.1) is 31.4 Å². The molecule has 19 heavy (non-hydrogen) atoms. The Bertz CT molecular complexity index is 436. The van der Waals surface area contributed by atoms with E-state index in [4.69, 9.17) is 5.73 Å². The van der Waals surface area contributed by atoms with Crippen molar-refractivity contribution in [2.24, 2.45) is 5.92 Å². The average molecular weight is 266 g/mol. The molecule has 0 aromatic heterocycles. The van der Waals surface area contributed by atoms with Gasteiger partial charge in [-0.25, -0.2) is 0 Å². The van der Waals surface area contributed by atoms with Crippen LogP contribution in [0, 0.1) is 12.8 Å². The number of nitrogens with two attached hydrogens (primary N) is 1. The van der Waals surface area contributed by atoms with E-state index in [2.05, 4.69) is 0 Å². The molecule has 4 unspecified atom stereocenters. The molecule has 0 spiro atoms. The lowest BCUT2D eigenvalue weighted by Gasteiger charge is -2.31. The summed E-state index contributed by atoms with van der Waals surface area (Å²) in [5, 5.41) is 29.3. The summed E-state index contributed by atoms with van der Waals surface area (Å²) in [5.74, 6) is -0.0972. The van der Waals surface area contributed by atoms with E-state index < -0.39 is 12.1 Å². The van der Waals surface area contributed by atoms with Crippen LogP contribution in [0.25, 0.3) is 0 Å². The molecule has 0 amide bonds. The molecule has 106 valence electrons. The third-order valence-electron chi connectivity index (χ3n) is 4.18. The van der Waals surface area contributed by atoms with Crippen LogP contribution >= 0.6 is 0 Å². The van der Waals surface area contributed by atoms with Gasteiger partial charge in [0.2, 0.25) is 0 Å². The quantitative estimate of drug-likeness (QED) is 0.583. The summed E-state index contributed by atoms with van der Waals surface area (Å²) < 4.78 is 0. The van der Waals surface area contributed by atoms with Crippen molar-refractivity contribution in [1.82, 2.24) is 0 Å². The van der Waals surface area contributed by atoms with Crippen LogP contribution in [0.1, 0.15) is 12.5 Å². The van der Waals surface area contributed by atoms with E-state index in [9.17, 15) is 15.3 Å². The Hall–Kier alpha value is -1.30. The van der Waals surface area contributed by atoms with Crippen molar-refractivity contribution in [1.29, 1.82) is 0 Å². The number of aliphatic hydroxyl groups excluding tert-OH is 3. The Morgan fingerprint density at radius 1 is 1.21 bits per heavy atom. The Kier molecular flexibility index (Phi) is 3.99. The van der Waals surface area contributed by atoms with Crippen molar-refractivity contribution in [3.05, 3.63) is 23.8 Å². The predicted molar refractivity (Wildman–Crippen MR) is 75.0 cm³/mol. The molecule has 5 N–H and O–H groups in total. The average Bonchev–Trinajstić information content (AvgIpc) is 2.64. The van der Waals surface area contributed by atoms with Gasteiger partial charge in [0.1, 0.15) is 0 Å². The van der Waals surface area contributed by atoms with Gasteiger partial charge in [-0.15, -0.1) is 0 Å². The van der Waals surface area contributed by atoms with Crippen LogP contribution in [0.3, 0.4) is 0 Å². The highest BCUT2D eigenvalue weighted by Crippen LogP contribution is 2.35. The molecule has 0 aliphatic carbocycles. The standard InChI is InChI=1S/C14H22N2O3/c1-8-5-10(3-4-11(8)15)16-12(6-17)9(2)14(19)13(16)7-18/h3-5,9,12-14,17-19H,6-7,15H2,1-2H3. The van der Waals surface area contributed by atoms with E-state index >= 15 is 0 Å². The van der Waals surface area contributed by atoms with Crippen molar-refractivity contribution in [2.75, 3.05) is 23.8 Å². The molecule has 5 nitrogen and oxygen atoms in total. The number of nitrogen functional groups attached to an aromatic ring is 1. The van der Waals surface area contributed by atoms with Gasteiger partial charge in [-0.2, -0.15) is 0 Å². The zero-order valence-corrected chi connectivity index (χ0v) is 11.3. The number of hydrogen-bond donors (Lipinski definition) is 4. The Balaban J connectivity index is 2.41. The fourth-order valence-corrected chi connectivity index (χ4v) is 2.90. The lowest BCUT2D eigenvalue weighted by Crippen LogP contribution is -2.42. The van der Waals surface area contributed by atoms with Gasteiger partial charge >= 0.3 is 0 Å². The topological polar surface area (TPSA) is 90.0 Å². The number of aryl methyl sites for hydroxylation is 1. The molecule has 0 bridgehead atoms. The number of hydrogen-bond acceptors (Lipinski definition) is 5. The van der Waals surface area contributed by atoms with Crippen LogP contribution in [-0.4, -0.2) is 46.7 Å². The largest absolute Gasteiger partial charge is 0.399 e. The number of benzene rings is 1. The van der Waals surface area contributed by atoms with Crippen LogP contribution in [0.2, 0.25) is 0 Å². The first kappa shape index (κ1) is 14.1. The van der Waals surface area contributed by atoms with E-state index in [-0.39, 0.29) is 25.2 Å². The number of nitrogens with zero attached hydrogens (tertiary/aromatic N) is 1. The summed E-state index contributed by atoms with van der Waals surface area (Å²) in [4.78, 5) is 1.90. The van der Waals surface area contributed by atoms with Crippen LogP contribution in [-0.2, 0) is 0 Å². The van der Waals surface area contributed by atoms with Gasteiger partial charge < -0.3 is 26.0 Å². The Morgan fingerprint density at radius 2 is 1.84 bits per heavy atom. The smallest absolute Gasteiger partial charge is 0.0811 e. The molecular formula is C14H22N2O3. The highest BCUT2D eigenvalue weighted by Gasteiger charge is 2.45. The third-order valence-corrected chi connectivity index (χ3v) is 4.18. The van der Waals surface area contributed by atoms with Gasteiger partial charge in [0.15, 0.2) is 0 Å². The van der Waals surface area contributed by atoms with Gasteiger partial charge in [-0.1, -0.05) is 6.92 Å². The highest BCUT2D eigenvalue weighted by molar-refractivity contribution is 5.60. The lowest BCUT2D eigenvalue weighted by atomic mass is 9.99. The molecule has 1 heterocycles. The molecule has 0 radical (unpaired) electrons. The molecule has 1 saturated heterocycles. The fourth-order valence-electron chi connectivity index (χ4n) is 2.90. The van der Waals surface area contributed by atoms with Crippen LogP contribution < -0.4 is 10.6 Å². The van der Waals surface area contributed by atoms with Crippen LogP contribution in [0.15, 0.2) is 18.2 Å². The predicted octanol–water partition coefficient (Wildman–Crippen LogP) is 0.116. The zero-order chi connectivity index (χ0) is 14.2. The summed E-state index contributed by atoms with van der Waals surface area (Å²) in [6.45, 7) is 3.60. The molecule has 1 aliphatic rings. The molecule has 2 rings (SSSR count). The maximum Gasteiger partial charge on any atom is 0.0811 e. The van der Waals surface area contributed by atoms with E-state index in [1.165, 1.54) is 0 Å². The van der Waals surface area contributed by atoms with E-state index in [0.29, 0.717) is 5.69 Å². The number of rotatable bonds is 3. The van der Waals surface area contributed by atoms with Crippen molar-refractivity contribution >= 4 is 11.4 Å². The van der Waals surface area contributed by atoms with Gasteiger partial charge in [-0.05, 0) is 30.7 Å². The Labute approximate surface area is 113 Å². The maximum atomic E-state index is 10.2. The minimum atomic E-state index is -0.653. The molecule has 1 fully saturated rings. The first-order valence-electron chi connectivity index (χ1n) is 6.55. The molecular weight excluding hydrogens is 244 g/mol. The first-order valence-corrected chi connectivity index (χ1v) is 6.55. The lowest BCUT2D eigenvalue weighted by molar-refractivity contribution is 0.0925. The van der Waals surface area contributed by atoms with E-state index in [1.807, 2.05) is 36.9 Å². The Morgan fingerprint density at radius 3 is 2.37 bits per heavy atom. The number of anilines is 2. The fraction of sp³-hybridized carbons (Fsp3) is 0.571. The van der Waals surface area contributed by atoms with E-state index in [0.717, 1.165) is 11.3 Å². The minimum Gasteiger partial charge on any atom is -0.399 e. The van der Waals surface area contributed by atoms with Crippen molar-refractivity contribution in [3.63, 3.8) is 0 Å². The zero-order valence-electron chi connectivity index (χ0n) is 11.3. The molecule has 1 aromatic rings. The maximum absolute atomic E-state index is 10.2. The second-order valence-electron chi connectivity index (χ2n) is 5.30. The van der Waals surface area contributed by atoms with Gasteiger partial charge in [0, 0.05) is 17.3 Å². The molecule has 5 heteroatoms. The summed E-state index contributed by atoms with van der Waals surface area (Å²) in [6.07, 6.45) is -0.653. The van der Waals surface area contributed by atoms with E-state index in [1.54, 1.807) is 0 Å². The minimum absolute atomic E-state index is 0.0574. The normalized spacial score (nSPS) is 30.9. The van der Waals surface area contributed by atoms with Crippen LogP contribution in [0.4, 0.5) is 11.4 Å². The molecule has 1 aliphatic heterocycles. The molecule has 4 atom stereocenters. The number of aliphatic hydroxyl groups is 3. The summed E-state index contributed by atoms with van der Waals surface area (Å²) in [7, 11) is 0. The second-order valence-corrected chi connectivity index (χ2v) is 5.30. The van der Waals surface area contributed by atoms with Crippen LogP contribution in [0.5, 0.6) is 0 Å². The summed E-state index contributed by atoms with van der Waals surface area (Å²) in [6, 6.07) is 5.00. The summed E-state index contributed by atoms with van der Waals surface area (Å²) >= 11 is 0. The monoisotopic (exact) mass is 266 g/mol. The SMILES string of the molecule is Cc1cc(N2C(CO)C(C)C(O)C2CO)ccc1N. The van der Waals surface area contributed by atoms with Crippen molar-refractivity contribution < 1.29 is 15.3 Å². The second kappa shape index (κ2) is 5.36. The summed E-state index contributed by atoms with van der Waals surface area (Å²) in [5.41, 5.74) is 8.33. The highest BCUT2D eigenvalue weighted by atomic mass is 16.3. The van der Waals surface area contributed by atoms with Gasteiger partial charge in [-0.3, -0.25) is 0 Å². The first-order chi connectivity index (χ1) is 9.01. The van der Waals surface area contributed by atoms with Crippen molar-refractivity contribution in [3.8, 4) is 0 Å².